The summed E-state index contributed by atoms with van der Waals surface area (Å²) in [5.74, 6) is 0.683. The van der Waals surface area contributed by atoms with Crippen molar-refractivity contribution in [2.24, 2.45) is 0 Å². The van der Waals surface area contributed by atoms with Crippen molar-refractivity contribution in [3.8, 4) is 22.7 Å². The van der Waals surface area contributed by atoms with Gasteiger partial charge in [-0.05, 0) is 31.2 Å². The second-order valence-electron chi connectivity index (χ2n) is 4.49. The highest BCUT2D eigenvalue weighted by atomic mass is 16.5. The first-order chi connectivity index (χ1) is 10.8. The average Bonchev–Trinajstić information content (AvgIpc) is 3.00. The number of carbonyl (C=O) groups is 1. The minimum absolute atomic E-state index is 0.275. The minimum Gasteiger partial charge on any atom is -0.492 e. The Balaban J connectivity index is 2.21. The van der Waals surface area contributed by atoms with Gasteiger partial charge in [-0.1, -0.05) is 17.3 Å². The topological polar surface area (TPSA) is 69.9 Å². The molecule has 2 heterocycles. The number of rotatable bonds is 5. The summed E-state index contributed by atoms with van der Waals surface area (Å²) in [6, 6.07) is 11.1. The lowest BCUT2D eigenvalue weighted by molar-refractivity contribution is 0.111. The lowest BCUT2D eigenvalue weighted by atomic mass is 10.1. The van der Waals surface area contributed by atoms with Crippen LogP contribution in [0.2, 0.25) is 0 Å². The molecule has 0 aliphatic heterocycles. The maximum absolute atomic E-state index is 11.3. The summed E-state index contributed by atoms with van der Waals surface area (Å²) in [7, 11) is 0. The summed E-state index contributed by atoms with van der Waals surface area (Å²) < 4.78 is 7.25. The Kier molecular flexibility index (Phi) is 3.91. The molecule has 2 aromatic heterocycles. The van der Waals surface area contributed by atoms with E-state index in [0.29, 0.717) is 24.3 Å². The highest BCUT2D eigenvalue weighted by Gasteiger charge is 2.18. The van der Waals surface area contributed by atoms with Crippen LogP contribution in [0.1, 0.15) is 17.4 Å². The molecule has 1 aromatic carbocycles. The number of pyridine rings is 1. The third-order valence-electron chi connectivity index (χ3n) is 3.15. The van der Waals surface area contributed by atoms with E-state index in [4.69, 9.17) is 4.74 Å². The number of hydrogen-bond acceptors (Lipinski definition) is 5. The number of nitrogens with zero attached hydrogens (tertiary/aromatic N) is 4. The largest absolute Gasteiger partial charge is 0.492 e. The van der Waals surface area contributed by atoms with E-state index in [2.05, 4.69) is 15.3 Å². The van der Waals surface area contributed by atoms with Crippen LogP contribution in [-0.2, 0) is 0 Å². The highest BCUT2D eigenvalue weighted by Crippen LogP contribution is 2.28. The summed E-state index contributed by atoms with van der Waals surface area (Å²) >= 11 is 0. The first-order valence-electron chi connectivity index (χ1n) is 6.88. The summed E-state index contributed by atoms with van der Waals surface area (Å²) in [6.45, 7) is 2.45. The third kappa shape index (κ3) is 2.46. The fraction of sp³-hybridized carbons (Fsp3) is 0.125. The Bertz CT molecular complexity index is 784. The number of ether oxygens (including phenoxy) is 1. The zero-order valence-electron chi connectivity index (χ0n) is 12.0. The molecule has 0 unspecified atom stereocenters. The van der Waals surface area contributed by atoms with E-state index in [1.54, 1.807) is 17.1 Å². The van der Waals surface area contributed by atoms with Gasteiger partial charge in [0.25, 0.3) is 0 Å². The van der Waals surface area contributed by atoms with E-state index in [-0.39, 0.29) is 5.69 Å². The van der Waals surface area contributed by atoms with Gasteiger partial charge >= 0.3 is 0 Å². The van der Waals surface area contributed by atoms with Crippen molar-refractivity contribution >= 4 is 6.29 Å². The van der Waals surface area contributed by atoms with Crippen molar-refractivity contribution in [2.45, 2.75) is 6.92 Å². The molecule has 0 aliphatic rings. The molecule has 6 heteroatoms. The van der Waals surface area contributed by atoms with Gasteiger partial charge < -0.3 is 4.74 Å². The molecule has 0 fully saturated rings. The SMILES string of the molecule is CCOc1ccccc1-n1nnc(C=O)c1-c1ccncc1. The molecule has 0 saturated heterocycles. The van der Waals surface area contributed by atoms with Gasteiger partial charge in [0, 0.05) is 18.0 Å². The third-order valence-corrected chi connectivity index (χ3v) is 3.15. The molecule has 0 saturated carbocycles. The Morgan fingerprint density at radius 3 is 2.68 bits per heavy atom. The molecule has 3 aromatic rings. The quantitative estimate of drug-likeness (QED) is 0.676. The van der Waals surface area contributed by atoms with E-state index < -0.39 is 0 Å². The summed E-state index contributed by atoms with van der Waals surface area (Å²) in [5.41, 5.74) is 2.44. The average molecular weight is 294 g/mol. The standard InChI is InChI=1S/C16H14N4O2/c1-2-22-15-6-4-3-5-14(15)20-16(13(11-21)18-19-20)12-7-9-17-10-8-12/h3-11H,2H2,1H3. The van der Waals surface area contributed by atoms with E-state index in [1.165, 1.54) is 0 Å². The molecule has 0 N–H and O–H groups in total. The van der Waals surface area contributed by atoms with E-state index >= 15 is 0 Å². The normalized spacial score (nSPS) is 10.4. The van der Waals surface area contributed by atoms with Gasteiger partial charge in [-0.3, -0.25) is 9.78 Å². The Hall–Kier alpha value is -3.02. The van der Waals surface area contributed by atoms with Crippen molar-refractivity contribution in [3.63, 3.8) is 0 Å². The van der Waals surface area contributed by atoms with Crippen LogP contribution in [0.3, 0.4) is 0 Å². The van der Waals surface area contributed by atoms with Crippen LogP contribution in [0.25, 0.3) is 16.9 Å². The van der Waals surface area contributed by atoms with Crippen molar-refractivity contribution in [3.05, 3.63) is 54.5 Å². The smallest absolute Gasteiger partial charge is 0.172 e. The Morgan fingerprint density at radius 1 is 1.18 bits per heavy atom. The second kappa shape index (κ2) is 6.17. The zero-order valence-corrected chi connectivity index (χ0v) is 12.0. The number of aldehydes is 1. The highest BCUT2D eigenvalue weighted by molar-refractivity contribution is 5.84. The van der Waals surface area contributed by atoms with Gasteiger partial charge in [0.1, 0.15) is 17.1 Å². The van der Waals surface area contributed by atoms with E-state index in [1.807, 2.05) is 43.3 Å². The molecule has 22 heavy (non-hydrogen) atoms. The molecule has 110 valence electrons. The maximum Gasteiger partial charge on any atom is 0.172 e. The van der Waals surface area contributed by atoms with Crippen LogP contribution in [-0.4, -0.2) is 32.9 Å². The summed E-state index contributed by atoms with van der Waals surface area (Å²) in [6.07, 6.45) is 4.02. The number of aromatic nitrogens is 4. The summed E-state index contributed by atoms with van der Waals surface area (Å²) in [4.78, 5) is 15.3. The fourth-order valence-corrected chi connectivity index (χ4v) is 2.23. The number of para-hydroxylation sites is 2. The molecule has 0 spiro atoms. The molecular weight excluding hydrogens is 280 g/mol. The minimum atomic E-state index is 0.275. The molecule has 0 amide bonds. The van der Waals surface area contributed by atoms with Gasteiger partial charge in [-0.2, -0.15) is 0 Å². The van der Waals surface area contributed by atoms with E-state index in [0.717, 1.165) is 11.3 Å². The van der Waals surface area contributed by atoms with Gasteiger partial charge in [0.05, 0.1) is 6.61 Å². The predicted molar refractivity (Wildman–Crippen MR) is 81.1 cm³/mol. The molecule has 0 radical (unpaired) electrons. The van der Waals surface area contributed by atoms with Crippen molar-refractivity contribution in [1.82, 2.24) is 20.0 Å². The second-order valence-corrected chi connectivity index (χ2v) is 4.49. The summed E-state index contributed by atoms with van der Waals surface area (Å²) in [5, 5.41) is 8.07. The molecule has 0 aliphatic carbocycles. The molecule has 0 atom stereocenters. The van der Waals surface area contributed by atoms with Crippen LogP contribution in [0, 0.1) is 0 Å². The number of hydrogen-bond donors (Lipinski definition) is 0. The predicted octanol–water partition coefficient (Wildman–Crippen LogP) is 2.54. The van der Waals surface area contributed by atoms with Gasteiger partial charge in [0.15, 0.2) is 12.0 Å². The van der Waals surface area contributed by atoms with Crippen LogP contribution in [0.4, 0.5) is 0 Å². The fourth-order valence-electron chi connectivity index (χ4n) is 2.23. The van der Waals surface area contributed by atoms with Gasteiger partial charge in [-0.15, -0.1) is 5.10 Å². The Labute approximate surface area is 127 Å². The van der Waals surface area contributed by atoms with Crippen LogP contribution in [0.5, 0.6) is 5.75 Å². The van der Waals surface area contributed by atoms with Gasteiger partial charge in [-0.25, -0.2) is 4.68 Å². The molecular formula is C16H14N4O2. The monoisotopic (exact) mass is 294 g/mol. The van der Waals surface area contributed by atoms with Crippen LogP contribution in [0.15, 0.2) is 48.8 Å². The van der Waals surface area contributed by atoms with Crippen LogP contribution < -0.4 is 4.74 Å². The van der Waals surface area contributed by atoms with Crippen molar-refractivity contribution < 1.29 is 9.53 Å². The molecule has 3 rings (SSSR count). The van der Waals surface area contributed by atoms with Gasteiger partial charge in [0.2, 0.25) is 0 Å². The lowest BCUT2D eigenvalue weighted by Gasteiger charge is -2.12. The lowest BCUT2D eigenvalue weighted by Crippen LogP contribution is -2.04. The number of carbonyl (C=O) groups excluding carboxylic acids is 1. The maximum atomic E-state index is 11.3. The molecule has 6 nitrogen and oxygen atoms in total. The van der Waals surface area contributed by atoms with Crippen molar-refractivity contribution in [2.75, 3.05) is 6.61 Å². The molecule has 0 bridgehead atoms. The number of benzene rings is 1. The Morgan fingerprint density at radius 2 is 1.95 bits per heavy atom. The van der Waals surface area contributed by atoms with Crippen LogP contribution >= 0.6 is 0 Å². The first kappa shape index (κ1) is 13.9. The van der Waals surface area contributed by atoms with E-state index in [9.17, 15) is 4.79 Å². The zero-order chi connectivity index (χ0) is 15.4. The first-order valence-corrected chi connectivity index (χ1v) is 6.88. The van der Waals surface area contributed by atoms with Crippen molar-refractivity contribution in [1.29, 1.82) is 0 Å².